The minimum atomic E-state index is -0.380. The Morgan fingerprint density at radius 2 is 1.88 bits per heavy atom. The van der Waals surface area contributed by atoms with E-state index >= 15 is 0 Å². The van der Waals surface area contributed by atoms with Gasteiger partial charge in [0.25, 0.3) is 5.91 Å². The zero-order chi connectivity index (χ0) is 19.3. The van der Waals surface area contributed by atoms with Crippen molar-refractivity contribution in [1.82, 2.24) is 14.7 Å². The number of carbonyl (C=O) groups excluding carboxylic acids is 2. The maximum atomic E-state index is 12.5. The number of hydrogen-bond acceptors (Lipinski definition) is 4. The zero-order valence-electron chi connectivity index (χ0n) is 16.2. The van der Waals surface area contributed by atoms with Crippen LogP contribution in [0.25, 0.3) is 5.69 Å². The first-order valence-electron chi connectivity index (χ1n) is 8.92. The Balaban J connectivity index is 2.15. The quantitative estimate of drug-likeness (QED) is 0.712. The molecule has 0 aliphatic heterocycles. The van der Waals surface area contributed by atoms with Crippen LogP contribution >= 0.6 is 0 Å². The molecule has 2 rings (SSSR count). The number of hydrogen-bond donors (Lipinski definition) is 0. The van der Waals surface area contributed by atoms with Gasteiger partial charge in [-0.3, -0.25) is 4.79 Å². The predicted molar refractivity (Wildman–Crippen MR) is 101 cm³/mol. The van der Waals surface area contributed by atoms with Crippen molar-refractivity contribution >= 4 is 11.9 Å². The Morgan fingerprint density at radius 1 is 1.23 bits per heavy atom. The molecule has 1 heterocycles. The molecule has 0 radical (unpaired) electrons. The maximum Gasteiger partial charge on any atom is 0.341 e. The summed E-state index contributed by atoms with van der Waals surface area (Å²) in [6, 6.07) is 7.24. The molecule has 0 saturated heterocycles. The van der Waals surface area contributed by atoms with Crippen molar-refractivity contribution in [2.75, 3.05) is 20.2 Å². The molecular weight excluding hydrogens is 330 g/mol. The molecule has 0 bridgehead atoms. The van der Waals surface area contributed by atoms with Gasteiger partial charge in [0.2, 0.25) is 0 Å². The minimum absolute atomic E-state index is 0.00148. The number of aromatic nitrogens is 2. The van der Waals surface area contributed by atoms with E-state index in [1.54, 1.807) is 28.6 Å². The molecule has 1 aromatic carbocycles. The second kappa shape index (κ2) is 8.65. The molecule has 1 aromatic heterocycles. The molecule has 1 amide bonds. The number of ether oxygens (including phenoxy) is 1. The van der Waals surface area contributed by atoms with Crippen LogP contribution in [0.5, 0.6) is 0 Å². The van der Waals surface area contributed by atoms with Gasteiger partial charge in [0.05, 0.1) is 24.2 Å². The van der Waals surface area contributed by atoms with Crippen LogP contribution in [-0.4, -0.2) is 46.8 Å². The second-order valence-corrected chi connectivity index (χ2v) is 6.73. The molecule has 0 fully saturated rings. The van der Waals surface area contributed by atoms with Crippen molar-refractivity contribution in [3.63, 3.8) is 0 Å². The number of benzene rings is 1. The molecule has 0 spiro atoms. The normalized spacial score (nSPS) is 10.8. The SMILES string of the molecule is CCOC(=O)c1cnn(-c2ccc(C(=O)N(C)CCC(C)C)cc2)c1C. The third kappa shape index (κ3) is 4.50. The average Bonchev–Trinajstić information content (AvgIpc) is 3.01. The van der Waals surface area contributed by atoms with E-state index in [9.17, 15) is 9.59 Å². The highest BCUT2D eigenvalue weighted by Crippen LogP contribution is 2.17. The Kier molecular flexibility index (Phi) is 6.55. The fraction of sp³-hybridized carbons (Fsp3) is 0.450. The Morgan fingerprint density at radius 3 is 2.46 bits per heavy atom. The van der Waals surface area contributed by atoms with Gasteiger partial charge in [-0.15, -0.1) is 0 Å². The van der Waals surface area contributed by atoms with E-state index in [-0.39, 0.29) is 11.9 Å². The summed E-state index contributed by atoms with van der Waals surface area (Å²) < 4.78 is 6.70. The number of nitrogens with zero attached hydrogens (tertiary/aromatic N) is 3. The lowest BCUT2D eigenvalue weighted by atomic mass is 10.1. The molecule has 26 heavy (non-hydrogen) atoms. The van der Waals surface area contributed by atoms with Crippen molar-refractivity contribution in [3.8, 4) is 5.69 Å². The second-order valence-electron chi connectivity index (χ2n) is 6.73. The first-order valence-corrected chi connectivity index (χ1v) is 8.92. The van der Waals surface area contributed by atoms with Crippen LogP contribution in [-0.2, 0) is 4.74 Å². The van der Waals surface area contributed by atoms with Crippen LogP contribution in [0.15, 0.2) is 30.5 Å². The molecule has 0 saturated carbocycles. The lowest BCUT2D eigenvalue weighted by Gasteiger charge is -2.18. The standard InChI is InChI=1S/C20H27N3O3/c1-6-26-20(25)18-13-21-23(15(18)4)17-9-7-16(8-10-17)19(24)22(5)12-11-14(2)3/h7-10,13-14H,6,11-12H2,1-5H3. The third-order valence-corrected chi connectivity index (χ3v) is 4.25. The summed E-state index contributed by atoms with van der Waals surface area (Å²) in [5.74, 6) is 0.181. The Labute approximate surface area is 154 Å². The van der Waals surface area contributed by atoms with Gasteiger partial charge in [-0.2, -0.15) is 5.10 Å². The van der Waals surface area contributed by atoms with E-state index in [0.29, 0.717) is 29.3 Å². The summed E-state index contributed by atoms with van der Waals surface area (Å²) in [5, 5.41) is 4.27. The molecule has 6 nitrogen and oxygen atoms in total. The smallest absolute Gasteiger partial charge is 0.341 e. The summed E-state index contributed by atoms with van der Waals surface area (Å²) in [6.07, 6.45) is 2.48. The Bertz CT molecular complexity index is 763. The Hall–Kier alpha value is -2.63. The fourth-order valence-electron chi connectivity index (χ4n) is 2.60. The molecule has 0 unspecified atom stereocenters. The fourth-order valence-corrected chi connectivity index (χ4v) is 2.60. The summed E-state index contributed by atoms with van der Waals surface area (Å²) in [5.41, 5.74) is 2.58. The topological polar surface area (TPSA) is 64.4 Å². The van der Waals surface area contributed by atoms with E-state index in [1.807, 2.05) is 26.1 Å². The van der Waals surface area contributed by atoms with Crippen LogP contribution in [0.2, 0.25) is 0 Å². The van der Waals surface area contributed by atoms with Gasteiger partial charge in [-0.1, -0.05) is 13.8 Å². The van der Waals surface area contributed by atoms with Gasteiger partial charge in [0, 0.05) is 19.2 Å². The van der Waals surface area contributed by atoms with Gasteiger partial charge in [-0.25, -0.2) is 9.48 Å². The molecule has 6 heteroatoms. The third-order valence-electron chi connectivity index (χ3n) is 4.25. The number of rotatable bonds is 7. The van der Waals surface area contributed by atoms with Crippen molar-refractivity contribution in [2.24, 2.45) is 5.92 Å². The first-order chi connectivity index (χ1) is 12.3. The number of esters is 1. The van der Waals surface area contributed by atoms with Gasteiger partial charge in [0.1, 0.15) is 5.56 Å². The van der Waals surface area contributed by atoms with Crippen LogP contribution in [0.1, 0.15) is 53.6 Å². The highest BCUT2D eigenvalue weighted by atomic mass is 16.5. The predicted octanol–water partition coefficient (Wildman–Crippen LogP) is 3.48. The summed E-state index contributed by atoms with van der Waals surface area (Å²) in [6.45, 7) is 8.93. The van der Waals surface area contributed by atoms with E-state index in [2.05, 4.69) is 18.9 Å². The molecule has 140 valence electrons. The average molecular weight is 357 g/mol. The molecular formula is C20H27N3O3. The lowest BCUT2D eigenvalue weighted by molar-refractivity contribution is 0.0525. The van der Waals surface area contributed by atoms with Crippen LogP contribution in [0.4, 0.5) is 0 Å². The van der Waals surface area contributed by atoms with E-state index in [4.69, 9.17) is 4.74 Å². The van der Waals surface area contributed by atoms with Crippen LogP contribution in [0, 0.1) is 12.8 Å². The summed E-state index contributed by atoms with van der Waals surface area (Å²) >= 11 is 0. The number of carbonyl (C=O) groups is 2. The summed E-state index contributed by atoms with van der Waals surface area (Å²) in [7, 11) is 1.82. The van der Waals surface area contributed by atoms with Crippen molar-refractivity contribution in [3.05, 3.63) is 47.3 Å². The van der Waals surface area contributed by atoms with E-state index in [1.165, 1.54) is 6.20 Å². The van der Waals surface area contributed by atoms with Crippen LogP contribution in [0.3, 0.4) is 0 Å². The minimum Gasteiger partial charge on any atom is -0.462 e. The van der Waals surface area contributed by atoms with Crippen molar-refractivity contribution in [2.45, 2.75) is 34.1 Å². The largest absolute Gasteiger partial charge is 0.462 e. The number of amides is 1. The summed E-state index contributed by atoms with van der Waals surface area (Å²) in [4.78, 5) is 26.1. The molecule has 0 aliphatic rings. The monoisotopic (exact) mass is 357 g/mol. The first kappa shape index (κ1) is 19.7. The molecule has 0 N–H and O–H groups in total. The molecule has 0 aliphatic carbocycles. The van der Waals surface area contributed by atoms with Gasteiger partial charge < -0.3 is 9.64 Å². The van der Waals surface area contributed by atoms with E-state index in [0.717, 1.165) is 18.7 Å². The lowest BCUT2D eigenvalue weighted by Crippen LogP contribution is -2.28. The van der Waals surface area contributed by atoms with Crippen molar-refractivity contribution < 1.29 is 14.3 Å². The molecule has 2 aromatic rings. The van der Waals surface area contributed by atoms with E-state index < -0.39 is 0 Å². The maximum absolute atomic E-state index is 12.5. The van der Waals surface area contributed by atoms with Gasteiger partial charge in [0.15, 0.2) is 0 Å². The zero-order valence-corrected chi connectivity index (χ0v) is 16.2. The highest BCUT2D eigenvalue weighted by Gasteiger charge is 2.17. The highest BCUT2D eigenvalue weighted by molar-refractivity contribution is 5.94. The van der Waals surface area contributed by atoms with Gasteiger partial charge >= 0.3 is 5.97 Å². The van der Waals surface area contributed by atoms with Crippen LogP contribution < -0.4 is 0 Å². The van der Waals surface area contributed by atoms with Crippen molar-refractivity contribution in [1.29, 1.82) is 0 Å². The molecule has 0 atom stereocenters. The van der Waals surface area contributed by atoms with Gasteiger partial charge in [-0.05, 0) is 50.5 Å².